The molecule has 0 aliphatic carbocycles. The highest BCUT2D eigenvalue weighted by Crippen LogP contribution is 2.17. The van der Waals surface area contributed by atoms with E-state index in [2.05, 4.69) is 79.9 Å². The molecule has 0 bridgehead atoms. The van der Waals surface area contributed by atoms with E-state index in [1.54, 1.807) is 0 Å². The SMILES string of the molecule is CC/C=C\C/C=C\C/C=C\C/C=C\CCC(CCCCCCCC(=O)NC(CCCN)C(=O)O)OC(=O)CCCCCCC/C=C\CCC. The van der Waals surface area contributed by atoms with Crippen LogP contribution in [0.1, 0.15) is 168 Å². The van der Waals surface area contributed by atoms with Crippen LogP contribution in [0.4, 0.5) is 0 Å². The quantitative estimate of drug-likeness (QED) is 0.0353. The van der Waals surface area contributed by atoms with Crippen LogP contribution in [0.25, 0.3) is 0 Å². The average molecular weight is 685 g/mol. The van der Waals surface area contributed by atoms with Gasteiger partial charge < -0.3 is 20.9 Å². The Morgan fingerprint density at radius 3 is 1.80 bits per heavy atom. The van der Waals surface area contributed by atoms with Gasteiger partial charge in [-0.2, -0.15) is 0 Å². The number of nitrogens with one attached hydrogen (secondary N) is 1. The van der Waals surface area contributed by atoms with Crippen molar-refractivity contribution >= 4 is 17.8 Å². The summed E-state index contributed by atoms with van der Waals surface area (Å²) >= 11 is 0. The first-order valence-electron chi connectivity index (χ1n) is 19.6. The van der Waals surface area contributed by atoms with Crippen LogP contribution < -0.4 is 11.1 Å². The Labute approximate surface area is 300 Å². The summed E-state index contributed by atoms with van der Waals surface area (Å²) in [5.41, 5.74) is 5.47. The molecule has 1 amide bonds. The summed E-state index contributed by atoms with van der Waals surface area (Å²) in [5, 5.41) is 11.9. The van der Waals surface area contributed by atoms with Gasteiger partial charge in [0.1, 0.15) is 12.1 Å². The Bertz CT molecular complexity index is 953. The van der Waals surface area contributed by atoms with Gasteiger partial charge in [-0.15, -0.1) is 0 Å². The van der Waals surface area contributed by atoms with Crippen molar-refractivity contribution in [3.63, 3.8) is 0 Å². The third-order valence-electron chi connectivity index (χ3n) is 8.31. The smallest absolute Gasteiger partial charge is 0.326 e. The molecule has 49 heavy (non-hydrogen) atoms. The van der Waals surface area contributed by atoms with E-state index in [0.29, 0.717) is 32.2 Å². The van der Waals surface area contributed by atoms with Gasteiger partial charge in [-0.05, 0) is 103 Å². The molecule has 7 nitrogen and oxygen atoms in total. The van der Waals surface area contributed by atoms with Crippen molar-refractivity contribution in [2.24, 2.45) is 5.73 Å². The van der Waals surface area contributed by atoms with Gasteiger partial charge in [0.15, 0.2) is 0 Å². The van der Waals surface area contributed by atoms with E-state index < -0.39 is 12.0 Å². The maximum atomic E-state index is 12.7. The molecule has 0 saturated heterocycles. The lowest BCUT2D eigenvalue weighted by molar-refractivity contribution is -0.150. The van der Waals surface area contributed by atoms with Crippen LogP contribution in [0.15, 0.2) is 60.8 Å². The Balaban J connectivity index is 4.49. The fraction of sp³-hybridized carbons (Fsp3) is 0.690. The highest BCUT2D eigenvalue weighted by molar-refractivity contribution is 5.83. The average Bonchev–Trinajstić information content (AvgIpc) is 3.08. The normalized spacial score (nSPS) is 13.4. The molecular weight excluding hydrogens is 612 g/mol. The summed E-state index contributed by atoms with van der Waals surface area (Å²) in [6, 6.07) is -0.866. The molecule has 0 aliphatic heterocycles. The maximum Gasteiger partial charge on any atom is 0.326 e. The zero-order chi connectivity index (χ0) is 36.0. The predicted octanol–water partition coefficient (Wildman–Crippen LogP) is 10.6. The number of nitrogens with two attached hydrogens (primary N) is 1. The number of aliphatic carboxylic acids is 1. The maximum absolute atomic E-state index is 12.7. The van der Waals surface area contributed by atoms with Crippen molar-refractivity contribution in [1.82, 2.24) is 5.32 Å². The standard InChI is InChI=1S/C42H72N2O5/c1-3-5-7-9-11-13-15-16-17-18-20-23-27-32-38(49-41(46)36-30-26-21-19-14-12-10-8-6-4-2)33-28-24-22-25-29-35-40(45)44-39(42(47)48)34-31-37-43/h5,7-8,10-11,13,16-17,20,23,38-39H,3-4,6,9,12,14-15,18-19,21-22,24-37,43H2,1-2H3,(H,44,45)(H,47,48)/b7-5-,10-8-,13-11-,17-16-,23-20-. The number of allylic oxidation sites excluding steroid dienone is 10. The van der Waals surface area contributed by atoms with Crippen LogP contribution in [-0.2, 0) is 19.1 Å². The lowest BCUT2D eigenvalue weighted by atomic mass is 10.0. The van der Waals surface area contributed by atoms with Gasteiger partial charge in [-0.1, -0.05) is 120 Å². The predicted molar refractivity (Wildman–Crippen MR) is 206 cm³/mol. The zero-order valence-electron chi connectivity index (χ0n) is 31.3. The second-order valence-electron chi connectivity index (χ2n) is 13.0. The molecule has 2 unspecified atom stereocenters. The van der Waals surface area contributed by atoms with Crippen molar-refractivity contribution in [2.75, 3.05) is 6.54 Å². The number of carboxylic acid groups (broad SMARTS) is 1. The molecule has 0 radical (unpaired) electrons. The number of unbranched alkanes of at least 4 members (excludes halogenated alkanes) is 10. The fourth-order valence-corrected chi connectivity index (χ4v) is 5.38. The first kappa shape index (κ1) is 46.1. The molecule has 0 spiro atoms. The first-order chi connectivity index (χ1) is 23.9. The van der Waals surface area contributed by atoms with E-state index in [0.717, 1.165) is 96.3 Å². The van der Waals surface area contributed by atoms with Gasteiger partial charge in [0.2, 0.25) is 5.91 Å². The van der Waals surface area contributed by atoms with Crippen LogP contribution in [-0.4, -0.2) is 41.6 Å². The third kappa shape index (κ3) is 33.3. The summed E-state index contributed by atoms with van der Waals surface area (Å²) in [5.74, 6) is -1.30. The Morgan fingerprint density at radius 2 is 1.16 bits per heavy atom. The monoisotopic (exact) mass is 685 g/mol. The minimum Gasteiger partial charge on any atom is -0.480 e. The highest BCUT2D eigenvalue weighted by atomic mass is 16.5. The molecule has 0 aliphatic rings. The Hall–Kier alpha value is -2.93. The number of rotatable bonds is 34. The number of esters is 1. The fourth-order valence-electron chi connectivity index (χ4n) is 5.38. The van der Waals surface area contributed by atoms with Crippen LogP contribution in [0.2, 0.25) is 0 Å². The van der Waals surface area contributed by atoms with E-state index >= 15 is 0 Å². The van der Waals surface area contributed by atoms with Gasteiger partial charge in [0.05, 0.1) is 0 Å². The van der Waals surface area contributed by atoms with Crippen LogP contribution in [0.3, 0.4) is 0 Å². The summed E-state index contributed by atoms with van der Waals surface area (Å²) in [6.45, 7) is 4.75. The summed E-state index contributed by atoms with van der Waals surface area (Å²) in [4.78, 5) is 36.2. The van der Waals surface area contributed by atoms with E-state index in [1.165, 1.54) is 32.1 Å². The van der Waals surface area contributed by atoms with E-state index in [9.17, 15) is 19.5 Å². The number of amides is 1. The molecule has 0 aromatic heterocycles. The second-order valence-corrected chi connectivity index (χ2v) is 13.0. The summed E-state index contributed by atoms with van der Waals surface area (Å²) in [7, 11) is 0. The van der Waals surface area contributed by atoms with Gasteiger partial charge in [-0.3, -0.25) is 9.59 Å². The molecular formula is C42H72N2O5. The molecule has 280 valence electrons. The number of carbonyl (C=O) groups excluding carboxylic acids is 2. The first-order valence-corrected chi connectivity index (χ1v) is 19.6. The molecule has 4 N–H and O–H groups in total. The number of ether oxygens (including phenoxy) is 1. The molecule has 0 saturated carbocycles. The lowest BCUT2D eigenvalue weighted by Crippen LogP contribution is -2.40. The largest absolute Gasteiger partial charge is 0.480 e. The van der Waals surface area contributed by atoms with Crippen molar-refractivity contribution in [1.29, 1.82) is 0 Å². The van der Waals surface area contributed by atoms with Gasteiger partial charge in [0.25, 0.3) is 0 Å². The van der Waals surface area contributed by atoms with Crippen molar-refractivity contribution in [2.45, 2.75) is 180 Å². The lowest BCUT2D eigenvalue weighted by Gasteiger charge is -2.17. The molecule has 0 aromatic carbocycles. The van der Waals surface area contributed by atoms with E-state index in [-0.39, 0.29) is 18.0 Å². The molecule has 0 fully saturated rings. The number of carboxylic acids is 1. The molecule has 2 atom stereocenters. The Kier molecular flexibility index (Phi) is 34.2. The zero-order valence-corrected chi connectivity index (χ0v) is 31.3. The van der Waals surface area contributed by atoms with Crippen LogP contribution >= 0.6 is 0 Å². The molecule has 7 heteroatoms. The number of hydrogen-bond acceptors (Lipinski definition) is 5. The minimum atomic E-state index is -1.01. The summed E-state index contributed by atoms with van der Waals surface area (Å²) < 4.78 is 5.97. The number of carbonyl (C=O) groups is 3. The highest BCUT2D eigenvalue weighted by Gasteiger charge is 2.19. The van der Waals surface area contributed by atoms with Gasteiger partial charge in [0, 0.05) is 12.8 Å². The Morgan fingerprint density at radius 1 is 0.612 bits per heavy atom. The van der Waals surface area contributed by atoms with Crippen molar-refractivity contribution < 1.29 is 24.2 Å². The molecule has 0 aromatic rings. The van der Waals surface area contributed by atoms with E-state index in [4.69, 9.17) is 10.5 Å². The number of hydrogen-bond donors (Lipinski definition) is 3. The van der Waals surface area contributed by atoms with Gasteiger partial charge in [-0.25, -0.2) is 4.79 Å². The molecule has 0 heterocycles. The molecule has 0 rings (SSSR count). The van der Waals surface area contributed by atoms with Crippen molar-refractivity contribution in [3.8, 4) is 0 Å². The van der Waals surface area contributed by atoms with Crippen LogP contribution in [0.5, 0.6) is 0 Å². The van der Waals surface area contributed by atoms with E-state index in [1.807, 2.05) is 0 Å². The van der Waals surface area contributed by atoms with Crippen molar-refractivity contribution in [3.05, 3.63) is 60.8 Å². The summed E-state index contributed by atoms with van der Waals surface area (Å²) in [6.07, 6.45) is 44.0. The van der Waals surface area contributed by atoms with Gasteiger partial charge >= 0.3 is 11.9 Å². The minimum absolute atomic E-state index is 0.0678. The topological polar surface area (TPSA) is 119 Å². The van der Waals surface area contributed by atoms with Crippen LogP contribution in [0, 0.1) is 0 Å². The third-order valence-corrected chi connectivity index (χ3v) is 8.31. The second kappa shape index (κ2) is 36.4.